The van der Waals surface area contributed by atoms with Gasteiger partial charge in [0.1, 0.15) is 0 Å². The van der Waals surface area contributed by atoms with E-state index in [1.54, 1.807) is 12.2 Å². The second kappa shape index (κ2) is 10.9. The van der Waals surface area contributed by atoms with E-state index in [0.29, 0.717) is 13.1 Å². The van der Waals surface area contributed by atoms with Gasteiger partial charge in [-0.2, -0.15) is 0 Å². The maximum Gasteiger partial charge on any atom is 0.243 e. The number of hydrogen-bond donors (Lipinski definition) is 2. The average molecular weight is 238 g/mol. The first kappa shape index (κ1) is 15.4. The molecular formula is C13H22N2O2. The van der Waals surface area contributed by atoms with Crippen molar-refractivity contribution in [2.75, 3.05) is 13.1 Å². The molecule has 17 heavy (non-hydrogen) atoms. The first-order chi connectivity index (χ1) is 8.20. The van der Waals surface area contributed by atoms with Crippen LogP contribution in [0.15, 0.2) is 24.3 Å². The highest BCUT2D eigenvalue weighted by molar-refractivity contribution is 5.87. The van der Waals surface area contributed by atoms with Gasteiger partial charge in [-0.3, -0.25) is 9.59 Å². The number of rotatable bonds is 8. The van der Waals surface area contributed by atoms with Crippen molar-refractivity contribution in [2.24, 2.45) is 0 Å². The molecule has 0 unspecified atom stereocenters. The molecule has 0 aromatic carbocycles. The maximum atomic E-state index is 11.0. The lowest BCUT2D eigenvalue weighted by Crippen LogP contribution is -2.23. The summed E-state index contributed by atoms with van der Waals surface area (Å²) in [5, 5.41) is 5.56. The summed E-state index contributed by atoms with van der Waals surface area (Å²) in [5.74, 6) is -0.0947. The van der Waals surface area contributed by atoms with Crippen LogP contribution in [-0.2, 0) is 9.59 Å². The van der Waals surface area contributed by atoms with Gasteiger partial charge in [0, 0.05) is 13.1 Å². The van der Waals surface area contributed by atoms with Gasteiger partial charge >= 0.3 is 0 Å². The van der Waals surface area contributed by atoms with Crippen molar-refractivity contribution >= 4 is 11.8 Å². The van der Waals surface area contributed by atoms with Gasteiger partial charge in [-0.25, -0.2) is 0 Å². The summed E-state index contributed by atoms with van der Waals surface area (Å²) in [6.07, 6.45) is 9.31. The van der Waals surface area contributed by atoms with Crippen LogP contribution in [0.2, 0.25) is 0 Å². The molecule has 0 spiro atoms. The fourth-order valence-corrected chi connectivity index (χ4v) is 1.27. The summed E-state index contributed by atoms with van der Waals surface area (Å²) in [5.41, 5.74) is 0. The highest BCUT2D eigenvalue weighted by Gasteiger charge is 1.95. The molecule has 0 bridgehead atoms. The quantitative estimate of drug-likeness (QED) is 0.498. The summed E-state index contributed by atoms with van der Waals surface area (Å²) in [6.45, 7) is 5.00. The molecule has 0 saturated carbocycles. The Labute approximate surface area is 103 Å². The molecule has 96 valence electrons. The molecule has 0 aromatic rings. The molecule has 0 radical (unpaired) electrons. The molecule has 4 nitrogen and oxygen atoms in total. The van der Waals surface area contributed by atoms with E-state index in [0.717, 1.165) is 19.3 Å². The zero-order valence-corrected chi connectivity index (χ0v) is 10.7. The molecular weight excluding hydrogens is 216 g/mol. The molecule has 0 aliphatic heterocycles. The summed E-state index contributed by atoms with van der Waals surface area (Å²) < 4.78 is 0. The van der Waals surface area contributed by atoms with Crippen LogP contribution in [0.4, 0.5) is 0 Å². The van der Waals surface area contributed by atoms with Gasteiger partial charge in [-0.15, -0.1) is 0 Å². The van der Waals surface area contributed by atoms with Crippen LogP contribution in [0.25, 0.3) is 0 Å². The number of carbonyl (C=O) groups is 2. The van der Waals surface area contributed by atoms with Crippen LogP contribution in [0, 0.1) is 0 Å². The van der Waals surface area contributed by atoms with E-state index in [9.17, 15) is 9.59 Å². The lowest BCUT2D eigenvalue weighted by molar-refractivity contribution is -0.117. The van der Waals surface area contributed by atoms with E-state index < -0.39 is 0 Å². The molecule has 0 saturated heterocycles. The Morgan fingerprint density at radius 1 is 0.824 bits per heavy atom. The monoisotopic (exact) mass is 238 g/mol. The summed E-state index contributed by atoms with van der Waals surface area (Å²) in [4.78, 5) is 22.1. The Morgan fingerprint density at radius 2 is 1.24 bits per heavy atom. The predicted octanol–water partition coefficient (Wildman–Crippen LogP) is 1.54. The zero-order valence-electron chi connectivity index (χ0n) is 10.7. The lowest BCUT2D eigenvalue weighted by Gasteiger charge is -2.03. The smallest absolute Gasteiger partial charge is 0.243 e. The van der Waals surface area contributed by atoms with Crippen LogP contribution >= 0.6 is 0 Å². The second-order valence-corrected chi connectivity index (χ2v) is 3.64. The molecule has 0 aliphatic carbocycles. The van der Waals surface area contributed by atoms with Crippen LogP contribution in [0.5, 0.6) is 0 Å². The minimum absolute atomic E-state index is 0.0473. The van der Waals surface area contributed by atoms with Gasteiger partial charge in [-0.05, 0) is 45.3 Å². The lowest BCUT2D eigenvalue weighted by atomic mass is 10.2. The van der Waals surface area contributed by atoms with Crippen LogP contribution < -0.4 is 10.6 Å². The minimum atomic E-state index is -0.0473. The van der Waals surface area contributed by atoms with Gasteiger partial charge in [0.05, 0.1) is 0 Å². The number of unbranched alkanes of at least 4 members (excludes halogenated alkanes) is 2. The Hall–Kier alpha value is -1.58. The zero-order chi connectivity index (χ0) is 12.9. The highest BCUT2D eigenvalue weighted by atomic mass is 16.2. The van der Waals surface area contributed by atoms with E-state index in [1.165, 1.54) is 12.2 Å². The van der Waals surface area contributed by atoms with Crippen molar-refractivity contribution in [3.05, 3.63) is 24.3 Å². The molecule has 0 heterocycles. The molecule has 0 aliphatic rings. The van der Waals surface area contributed by atoms with Crippen LogP contribution in [-0.4, -0.2) is 24.9 Å². The van der Waals surface area contributed by atoms with Crippen molar-refractivity contribution in [2.45, 2.75) is 33.1 Å². The summed E-state index contributed by atoms with van der Waals surface area (Å²) in [6, 6.07) is 0. The molecule has 0 atom stereocenters. The topological polar surface area (TPSA) is 58.2 Å². The first-order valence-corrected chi connectivity index (χ1v) is 6.01. The van der Waals surface area contributed by atoms with Gasteiger partial charge < -0.3 is 10.6 Å². The van der Waals surface area contributed by atoms with E-state index in [4.69, 9.17) is 0 Å². The fourth-order valence-electron chi connectivity index (χ4n) is 1.27. The average Bonchev–Trinajstić information content (AvgIpc) is 2.28. The number of hydrogen-bond acceptors (Lipinski definition) is 2. The maximum absolute atomic E-state index is 11.0. The second-order valence-electron chi connectivity index (χ2n) is 3.64. The summed E-state index contributed by atoms with van der Waals surface area (Å²) >= 11 is 0. The SMILES string of the molecule is CC=CC(=O)NCCCCCNC(=O)C=CC. The molecule has 2 amide bonds. The van der Waals surface area contributed by atoms with Gasteiger partial charge in [-0.1, -0.05) is 12.2 Å². The van der Waals surface area contributed by atoms with Crippen molar-refractivity contribution in [1.82, 2.24) is 10.6 Å². The first-order valence-electron chi connectivity index (χ1n) is 6.01. The van der Waals surface area contributed by atoms with E-state index in [2.05, 4.69) is 10.6 Å². The number of amides is 2. The number of carbonyl (C=O) groups excluding carboxylic acids is 2. The van der Waals surface area contributed by atoms with Gasteiger partial charge in [0.25, 0.3) is 0 Å². The Morgan fingerprint density at radius 3 is 1.59 bits per heavy atom. The van der Waals surface area contributed by atoms with Gasteiger partial charge in [0.2, 0.25) is 11.8 Å². The third-order valence-electron chi connectivity index (χ3n) is 2.09. The molecule has 4 heteroatoms. The molecule has 2 N–H and O–H groups in total. The third-order valence-corrected chi connectivity index (χ3v) is 2.09. The molecule has 0 rings (SSSR count). The molecule has 0 fully saturated rings. The fraction of sp³-hybridized carbons (Fsp3) is 0.538. The van der Waals surface area contributed by atoms with Crippen molar-refractivity contribution < 1.29 is 9.59 Å². The van der Waals surface area contributed by atoms with Crippen LogP contribution in [0.1, 0.15) is 33.1 Å². The Bertz CT molecular complexity index is 255. The van der Waals surface area contributed by atoms with Crippen molar-refractivity contribution in [3.63, 3.8) is 0 Å². The Balaban J connectivity index is 3.30. The largest absolute Gasteiger partial charge is 0.353 e. The van der Waals surface area contributed by atoms with Crippen molar-refractivity contribution in [3.8, 4) is 0 Å². The Kier molecular flexibility index (Phi) is 9.91. The highest BCUT2D eigenvalue weighted by Crippen LogP contribution is 1.92. The standard InChI is InChI=1S/C13H22N2O2/c1-3-8-12(16)14-10-6-5-7-11-15-13(17)9-4-2/h3-4,8-9H,5-7,10-11H2,1-2H3,(H,14,16)(H,15,17). The van der Waals surface area contributed by atoms with Gasteiger partial charge in [0.15, 0.2) is 0 Å². The third kappa shape index (κ3) is 10.7. The normalized spacial score (nSPS) is 10.9. The predicted molar refractivity (Wildman–Crippen MR) is 69.5 cm³/mol. The van der Waals surface area contributed by atoms with Crippen molar-refractivity contribution in [1.29, 1.82) is 0 Å². The summed E-state index contributed by atoms with van der Waals surface area (Å²) in [7, 11) is 0. The minimum Gasteiger partial charge on any atom is -0.353 e. The van der Waals surface area contributed by atoms with E-state index in [-0.39, 0.29) is 11.8 Å². The molecule has 0 aromatic heterocycles. The van der Waals surface area contributed by atoms with Crippen LogP contribution in [0.3, 0.4) is 0 Å². The van der Waals surface area contributed by atoms with E-state index >= 15 is 0 Å². The van der Waals surface area contributed by atoms with E-state index in [1.807, 2.05) is 13.8 Å². The number of allylic oxidation sites excluding steroid dienone is 2. The number of nitrogens with one attached hydrogen (secondary N) is 2.